The number of likely N-dealkylation sites (tertiary alicyclic amines) is 1. The lowest BCUT2D eigenvalue weighted by Gasteiger charge is -2.32. The van der Waals surface area contributed by atoms with Gasteiger partial charge in [-0.25, -0.2) is 4.98 Å². The Balaban J connectivity index is 1.81. The number of hydrogen-bond acceptors (Lipinski definition) is 6. The zero-order valence-corrected chi connectivity index (χ0v) is 13.2. The summed E-state index contributed by atoms with van der Waals surface area (Å²) in [5.41, 5.74) is 0. The number of thiazole rings is 1. The second-order valence-electron chi connectivity index (χ2n) is 5.66. The fourth-order valence-corrected chi connectivity index (χ4v) is 4.27. The quantitative estimate of drug-likeness (QED) is 0.804. The van der Waals surface area contributed by atoms with Gasteiger partial charge in [-0.2, -0.15) is 4.52 Å². The van der Waals surface area contributed by atoms with Gasteiger partial charge in [-0.05, 0) is 45.0 Å². The molecule has 0 spiro atoms. The van der Waals surface area contributed by atoms with Gasteiger partial charge in [-0.1, -0.05) is 17.8 Å². The van der Waals surface area contributed by atoms with Crippen LogP contribution in [0, 0.1) is 6.92 Å². The van der Waals surface area contributed by atoms with E-state index in [9.17, 15) is 5.11 Å². The van der Waals surface area contributed by atoms with Crippen molar-refractivity contribution >= 4 is 16.3 Å². The third kappa shape index (κ3) is 2.21. The summed E-state index contributed by atoms with van der Waals surface area (Å²) in [6.07, 6.45) is 5.31. The monoisotopic (exact) mass is 318 g/mol. The minimum Gasteiger partial charge on any atom is -0.492 e. The van der Waals surface area contributed by atoms with E-state index in [1.54, 1.807) is 6.26 Å². The van der Waals surface area contributed by atoms with Gasteiger partial charge in [0.1, 0.15) is 17.6 Å². The van der Waals surface area contributed by atoms with Crippen LogP contribution in [0.3, 0.4) is 0 Å². The van der Waals surface area contributed by atoms with Gasteiger partial charge in [-0.15, -0.1) is 5.10 Å². The lowest BCUT2D eigenvalue weighted by Crippen LogP contribution is -2.33. The van der Waals surface area contributed by atoms with E-state index in [0.717, 1.165) is 28.7 Å². The Kier molecular flexibility index (Phi) is 3.38. The van der Waals surface area contributed by atoms with Crippen molar-refractivity contribution < 1.29 is 9.52 Å². The second-order valence-corrected chi connectivity index (χ2v) is 6.67. The molecule has 3 aromatic rings. The number of aryl methyl sites for hydroxylation is 1. The predicted octanol–water partition coefficient (Wildman–Crippen LogP) is 2.97. The van der Waals surface area contributed by atoms with Crippen molar-refractivity contribution in [3.05, 3.63) is 34.9 Å². The molecule has 0 bridgehead atoms. The van der Waals surface area contributed by atoms with Gasteiger partial charge in [0.15, 0.2) is 0 Å². The smallest absolute Gasteiger partial charge is 0.230 e. The van der Waals surface area contributed by atoms with Crippen molar-refractivity contribution in [2.75, 3.05) is 13.1 Å². The minimum atomic E-state index is -0.0656. The highest BCUT2D eigenvalue weighted by Gasteiger charge is 2.31. The molecule has 22 heavy (non-hydrogen) atoms. The van der Waals surface area contributed by atoms with Crippen molar-refractivity contribution in [1.29, 1.82) is 0 Å². The molecule has 0 aromatic carbocycles. The highest BCUT2D eigenvalue weighted by atomic mass is 32.1. The molecule has 1 saturated heterocycles. The Morgan fingerprint density at radius 2 is 2.14 bits per heavy atom. The average Bonchev–Trinajstić information content (AvgIpc) is 3.22. The minimum absolute atomic E-state index is 0.0656. The highest BCUT2D eigenvalue weighted by molar-refractivity contribution is 7.17. The molecule has 0 aliphatic carbocycles. The fraction of sp³-hybridized carbons (Fsp3) is 0.467. The molecule has 6 nitrogen and oxygen atoms in total. The van der Waals surface area contributed by atoms with E-state index in [1.807, 2.05) is 19.1 Å². The third-order valence-electron chi connectivity index (χ3n) is 4.12. The summed E-state index contributed by atoms with van der Waals surface area (Å²) in [6, 6.07) is 3.80. The largest absolute Gasteiger partial charge is 0.492 e. The van der Waals surface area contributed by atoms with E-state index in [0.29, 0.717) is 5.82 Å². The maximum absolute atomic E-state index is 10.6. The molecule has 1 aliphatic heterocycles. The molecule has 7 heteroatoms. The van der Waals surface area contributed by atoms with E-state index < -0.39 is 0 Å². The number of furan rings is 1. The van der Waals surface area contributed by atoms with Crippen molar-refractivity contribution in [2.45, 2.75) is 32.2 Å². The lowest BCUT2D eigenvalue weighted by atomic mass is 10.1. The van der Waals surface area contributed by atoms with Crippen LogP contribution in [0.2, 0.25) is 0 Å². The summed E-state index contributed by atoms with van der Waals surface area (Å²) >= 11 is 1.48. The summed E-state index contributed by atoms with van der Waals surface area (Å²) < 4.78 is 7.18. The Hall–Kier alpha value is -1.86. The van der Waals surface area contributed by atoms with Gasteiger partial charge in [0.05, 0.1) is 11.1 Å². The number of piperidine rings is 1. The van der Waals surface area contributed by atoms with Crippen LogP contribution >= 0.6 is 11.3 Å². The van der Waals surface area contributed by atoms with Crippen molar-refractivity contribution in [2.24, 2.45) is 0 Å². The molecule has 116 valence electrons. The van der Waals surface area contributed by atoms with Gasteiger partial charge < -0.3 is 9.52 Å². The van der Waals surface area contributed by atoms with Crippen molar-refractivity contribution in [3.8, 4) is 5.88 Å². The van der Waals surface area contributed by atoms with Crippen LogP contribution in [-0.4, -0.2) is 37.7 Å². The normalized spacial score (nSPS) is 18.0. The summed E-state index contributed by atoms with van der Waals surface area (Å²) in [7, 11) is 0. The van der Waals surface area contributed by atoms with Crippen molar-refractivity contribution in [3.63, 3.8) is 0 Å². The standard InChI is InChI=1S/C15H18N4O2S/c1-10-16-15-19(17-10)14(20)13(22-15)12(11-6-5-9-21-11)18-7-3-2-4-8-18/h5-6,9,12,20H,2-4,7-8H2,1H3. The Labute approximate surface area is 132 Å². The molecule has 0 saturated carbocycles. The molecule has 4 heterocycles. The van der Waals surface area contributed by atoms with E-state index in [4.69, 9.17) is 4.42 Å². The first-order valence-electron chi connectivity index (χ1n) is 7.56. The first-order valence-corrected chi connectivity index (χ1v) is 8.38. The topological polar surface area (TPSA) is 66.8 Å². The van der Waals surface area contributed by atoms with Gasteiger partial charge in [0.25, 0.3) is 0 Å². The molecular formula is C15H18N4O2S. The van der Waals surface area contributed by atoms with Crippen LogP contribution in [-0.2, 0) is 0 Å². The first kappa shape index (κ1) is 13.8. The van der Waals surface area contributed by atoms with Gasteiger partial charge in [0, 0.05) is 0 Å². The molecule has 0 radical (unpaired) electrons. The first-order chi connectivity index (χ1) is 10.7. The number of aromatic nitrogens is 3. The number of aromatic hydroxyl groups is 1. The van der Waals surface area contributed by atoms with E-state index >= 15 is 0 Å². The zero-order chi connectivity index (χ0) is 15.1. The van der Waals surface area contributed by atoms with Crippen LogP contribution in [0.15, 0.2) is 22.8 Å². The maximum atomic E-state index is 10.6. The molecule has 1 unspecified atom stereocenters. The average molecular weight is 318 g/mol. The Bertz CT molecular complexity index is 771. The fourth-order valence-electron chi connectivity index (χ4n) is 3.12. The lowest BCUT2D eigenvalue weighted by molar-refractivity contribution is 0.169. The molecule has 1 fully saturated rings. The SMILES string of the molecule is Cc1nc2sc(C(c3ccco3)N3CCCCC3)c(O)n2n1. The Morgan fingerprint density at radius 1 is 1.32 bits per heavy atom. The van der Waals surface area contributed by atoms with Crippen LogP contribution < -0.4 is 0 Å². The van der Waals surface area contributed by atoms with E-state index in [2.05, 4.69) is 15.0 Å². The molecule has 1 atom stereocenters. The van der Waals surface area contributed by atoms with Gasteiger partial charge in [0.2, 0.25) is 10.8 Å². The van der Waals surface area contributed by atoms with E-state index in [1.165, 1.54) is 35.1 Å². The highest BCUT2D eigenvalue weighted by Crippen LogP contribution is 2.40. The Morgan fingerprint density at radius 3 is 2.82 bits per heavy atom. The maximum Gasteiger partial charge on any atom is 0.230 e. The van der Waals surface area contributed by atoms with Gasteiger partial charge >= 0.3 is 0 Å². The van der Waals surface area contributed by atoms with Crippen molar-refractivity contribution in [1.82, 2.24) is 19.5 Å². The van der Waals surface area contributed by atoms with Crippen LogP contribution in [0.1, 0.15) is 41.8 Å². The van der Waals surface area contributed by atoms with Crippen LogP contribution in [0.5, 0.6) is 5.88 Å². The van der Waals surface area contributed by atoms with E-state index in [-0.39, 0.29) is 11.9 Å². The molecule has 4 rings (SSSR count). The number of fused-ring (bicyclic) bond motifs is 1. The van der Waals surface area contributed by atoms with Crippen LogP contribution in [0.4, 0.5) is 0 Å². The number of hydrogen-bond donors (Lipinski definition) is 1. The molecular weight excluding hydrogens is 300 g/mol. The predicted molar refractivity (Wildman–Crippen MR) is 83.2 cm³/mol. The summed E-state index contributed by atoms with van der Waals surface area (Å²) in [5.74, 6) is 1.70. The number of rotatable bonds is 3. The molecule has 3 aromatic heterocycles. The van der Waals surface area contributed by atoms with Crippen LogP contribution in [0.25, 0.3) is 4.96 Å². The molecule has 1 aliphatic rings. The summed E-state index contributed by atoms with van der Waals surface area (Å²) in [5, 5.41) is 14.9. The zero-order valence-electron chi connectivity index (χ0n) is 12.4. The summed E-state index contributed by atoms with van der Waals surface area (Å²) in [6.45, 7) is 3.85. The summed E-state index contributed by atoms with van der Waals surface area (Å²) in [4.78, 5) is 8.31. The molecule has 0 amide bonds. The van der Waals surface area contributed by atoms with Gasteiger partial charge in [-0.3, -0.25) is 4.90 Å². The third-order valence-corrected chi connectivity index (χ3v) is 5.19. The second kappa shape index (κ2) is 5.40. The molecule has 1 N–H and O–H groups in total. The number of nitrogens with zero attached hydrogens (tertiary/aromatic N) is 4.